The normalized spacial score (nSPS) is 23.9. The van der Waals surface area contributed by atoms with Crippen molar-refractivity contribution in [3.05, 3.63) is 28.8 Å². The number of rotatable bonds is 4. The molecule has 23 heavy (non-hydrogen) atoms. The topological polar surface area (TPSA) is 78.5 Å². The van der Waals surface area contributed by atoms with Gasteiger partial charge in [-0.1, -0.05) is 11.6 Å². The molecule has 1 saturated heterocycles. The van der Waals surface area contributed by atoms with Gasteiger partial charge in [-0.3, -0.25) is 14.5 Å². The van der Waals surface area contributed by atoms with E-state index in [1.54, 1.807) is 25.1 Å². The van der Waals surface area contributed by atoms with Gasteiger partial charge in [0.2, 0.25) is 5.91 Å². The first-order valence-corrected chi connectivity index (χ1v) is 7.89. The summed E-state index contributed by atoms with van der Waals surface area (Å²) in [4.78, 5) is 37.7. The first-order valence-electron chi connectivity index (χ1n) is 7.51. The van der Waals surface area contributed by atoms with Gasteiger partial charge in [-0.25, -0.2) is 4.79 Å². The highest BCUT2D eigenvalue weighted by molar-refractivity contribution is 6.30. The van der Waals surface area contributed by atoms with Crippen LogP contribution in [0.1, 0.15) is 25.3 Å². The smallest absolute Gasteiger partial charge is 0.324 e. The minimum Gasteiger partial charge on any atom is -0.324 e. The Balaban J connectivity index is 1.68. The van der Waals surface area contributed by atoms with Gasteiger partial charge in [0.15, 0.2) is 0 Å². The Kier molecular flexibility index (Phi) is 3.80. The number of carbonyl (C=O) groups is 3. The quantitative estimate of drug-likeness (QED) is 0.829. The van der Waals surface area contributed by atoms with Crippen LogP contribution in [0.15, 0.2) is 18.2 Å². The molecular formula is C16H18ClN3O3. The van der Waals surface area contributed by atoms with Crippen molar-refractivity contribution in [1.29, 1.82) is 0 Å². The molecule has 1 aromatic rings. The molecule has 1 aliphatic carbocycles. The van der Waals surface area contributed by atoms with E-state index in [4.69, 9.17) is 11.6 Å². The van der Waals surface area contributed by atoms with E-state index in [2.05, 4.69) is 10.6 Å². The van der Waals surface area contributed by atoms with Crippen molar-refractivity contribution in [3.8, 4) is 0 Å². The zero-order valence-electron chi connectivity index (χ0n) is 13.0. The van der Waals surface area contributed by atoms with E-state index in [0.29, 0.717) is 10.7 Å². The van der Waals surface area contributed by atoms with Crippen LogP contribution < -0.4 is 10.6 Å². The van der Waals surface area contributed by atoms with Crippen LogP contribution >= 0.6 is 11.6 Å². The highest BCUT2D eigenvalue weighted by Gasteiger charge is 2.56. The molecular weight excluding hydrogens is 318 g/mol. The lowest BCUT2D eigenvalue weighted by Crippen LogP contribution is -2.46. The minimum absolute atomic E-state index is 0.172. The van der Waals surface area contributed by atoms with Crippen LogP contribution in [0, 0.1) is 12.8 Å². The second-order valence-electron chi connectivity index (χ2n) is 6.31. The summed E-state index contributed by atoms with van der Waals surface area (Å²) in [6, 6.07) is 4.58. The lowest BCUT2D eigenvalue weighted by atomic mass is 9.96. The summed E-state index contributed by atoms with van der Waals surface area (Å²) in [5.74, 6) is -0.572. The van der Waals surface area contributed by atoms with Crippen LogP contribution in [0.3, 0.4) is 0 Å². The molecule has 2 aliphatic rings. The third kappa shape index (κ3) is 2.91. The molecule has 0 spiro atoms. The number of imide groups is 1. The van der Waals surface area contributed by atoms with E-state index in [0.717, 1.165) is 23.3 Å². The largest absolute Gasteiger partial charge is 0.325 e. The van der Waals surface area contributed by atoms with E-state index in [1.165, 1.54) is 0 Å². The Hall–Kier alpha value is -2.08. The predicted octanol–water partition coefficient (Wildman–Crippen LogP) is 2.31. The molecule has 2 N–H and O–H groups in total. The highest BCUT2D eigenvalue weighted by Crippen LogP contribution is 2.42. The maximum Gasteiger partial charge on any atom is 0.325 e. The molecule has 4 amide bonds. The lowest BCUT2D eigenvalue weighted by Gasteiger charge is -2.20. The van der Waals surface area contributed by atoms with Gasteiger partial charge in [0, 0.05) is 10.7 Å². The number of amides is 4. The van der Waals surface area contributed by atoms with Crippen molar-refractivity contribution in [2.45, 2.75) is 32.2 Å². The number of aryl methyl sites for hydroxylation is 1. The number of hydrogen-bond acceptors (Lipinski definition) is 3. The third-order valence-corrected chi connectivity index (χ3v) is 4.69. The number of benzene rings is 1. The molecule has 1 aromatic carbocycles. The van der Waals surface area contributed by atoms with E-state index in [9.17, 15) is 14.4 Å². The van der Waals surface area contributed by atoms with Crippen molar-refractivity contribution in [2.24, 2.45) is 5.92 Å². The molecule has 3 rings (SSSR count). The number of urea groups is 1. The summed E-state index contributed by atoms with van der Waals surface area (Å²) in [5, 5.41) is 6.00. The Bertz CT molecular complexity index is 702. The van der Waals surface area contributed by atoms with Crippen molar-refractivity contribution < 1.29 is 14.4 Å². The van der Waals surface area contributed by atoms with Gasteiger partial charge < -0.3 is 10.6 Å². The molecule has 122 valence electrons. The second kappa shape index (κ2) is 5.53. The number of anilines is 1. The number of carbonyl (C=O) groups excluding carboxylic acids is 3. The molecule has 0 radical (unpaired) electrons. The van der Waals surface area contributed by atoms with Gasteiger partial charge in [-0.05, 0) is 56.4 Å². The molecule has 1 heterocycles. The monoisotopic (exact) mass is 335 g/mol. The molecule has 2 fully saturated rings. The molecule has 0 aromatic heterocycles. The van der Waals surface area contributed by atoms with Crippen LogP contribution in [0.5, 0.6) is 0 Å². The molecule has 6 nitrogen and oxygen atoms in total. The van der Waals surface area contributed by atoms with E-state index >= 15 is 0 Å². The Morgan fingerprint density at radius 3 is 2.74 bits per heavy atom. The molecule has 1 aliphatic heterocycles. The highest BCUT2D eigenvalue weighted by atomic mass is 35.5. The van der Waals surface area contributed by atoms with Crippen molar-refractivity contribution in [2.75, 3.05) is 11.9 Å². The SMILES string of the molecule is Cc1cc(Cl)ccc1NC(=O)CN1C(=O)NC(C)(C2CC2)C1=O. The molecule has 1 atom stereocenters. The van der Waals surface area contributed by atoms with E-state index in [1.807, 2.05) is 6.92 Å². The lowest BCUT2D eigenvalue weighted by molar-refractivity contribution is -0.134. The predicted molar refractivity (Wildman–Crippen MR) is 86.2 cm³/mol. The van der Waals surface area contributed by atoms with Gasteiger partial charge in [0.05, 0.1) is 0 Å². The van der Waals surface area contributed by atoms with Gasteiger partial charge in [0.1, 0.15) is 12.1 Å². The van der Waals surface area contributed by atoms with Gasteiger partial charge in [-0.2, -0.15) is 0 Å². The Labute approximate surface area is 139 Å². The fourth-order valence-electron chi connectivity index (χ4n) is 2.90. The van der Waals surface area contributed by atoms with Gasteiger partial charge in [-0.15, -0.1) is 0 Å². The average molecular weight is 336 g/mol. The van der Waals surface area contributed by atoms with Crippen LogP contribution in [-0.4, -0.2) is 34.8 Å². The fraction of sp³-hybridized carbons (Fsp3) is 0.438. The standard InChI is InChI=1S/C16H18ClN3O3/c1-9-7-11(17)5-6-12(9)18-13(21)8-20-14(22)16(2,10-3-4-10)19-15(20)23/h5-7,10H,3-4,8H2,1-2H3,(H,18,21)(H,19,23). The molecule has 1 saturated carbocycles. The van der Waals surface area contributed by atoms with Crippen LogP contribution in [0.4, 0.5) is 10.5 Å². The summed E-state index contributed by atoms with van der Waals surface area (Å²) in [6.45, 7) is 3.25. The van der Waals surface area contributed by atoms with Crippen LogP contribution in [-0.2, 0) is 9.59 Å². The maximum atomic E-state index is 12.5. The summed E-state index contributed by atoms with van der Waals surface area (Å²) >= 11 is 5.88. The molecule has 1 unspecified atom stereocenters. The van der Waals surface area contributed by atoms with E-state index < -0.39 is 17.5 Å². The van der Waals surface area contributed by atoms with Crippen molar-refractivity contribution in [3.63, 3.8) is 0 Å². The Morgan fingerprint density at radius 1 is 1.43 bits per heavy atom. The molecule has 0 bridgehead atoms. The third-order valence-electron chi connectivity index (χ3n) is 4.46. The first-order chi connectivity index (χ1) is 10.8. The number of hydrogen-bond donors (Lipinski definition) is 2. The van der Waals surface area contributed by atoms with Crippen molar-refractivity contribution in [1.82, 2.24) is 10.2 Å². The molecule has 7 heteroatoms. The summed E-state index contributed by atoms with van der Waals surface area (Å²) in [6.07, 6.45) is 1.85. The average Bonchev–Trinajstić information content (AvgIpc) is 3.28. The van der Waals surface area contributed by atoms with Crippen LogP contribution in [0.2, 0.25) is 5.02 Å². The Morgan fingerprint density at radius 2 is 2.13 bits per heavy atom. The zero-order chi connectivity index (χ0) is 16.8. The number of halogens is 1. The fourth-order valence-corrected chi connectivity index (χ4v) is 3.12. The summed E-state index contributed by atoms with van der Waals surface area (Å²) in [5.41, 5.74) is 0.551. The summed E-state index contributed by atoms with van der Waals surface area (Å²) < 4.78 is 0. The maximum absolute atomic E-state index is 12.5. The van der Waals surface area contributed by atoms with E-state index in [-0.39, 0.29) is 18.4 Å². The van der Waals surface area contributed by atoms with Gasteiger partial charge >= 0.3 is 6.03 Å². The summed E-state index contributed by atoms with van der Waals surface area (Å²) in [7, 11) is 0. The van der Waals surface area contributed by atoms with Gasteiger partial charge in [0.25, 0.3) is 5.91 Å². The first kappa shape index (κ1) is 15.8. The minimum atomic E-state index is -0.868. The van der Waals surface area contributed by atoms with Crippen molar-refractivity contribution >= 4 is 35.1 Å². The zero-order valence-corrected chi connectivity index (χ0v) is 13.7. The second-order valence-corrected chi connectivity index (χ2v) is 6.74. The number of nitrogens with zero attached hydrogens (tertiary/aromatic N) is 1. The number of nitrogens with one attached hydrogen (secondary N) is 2. The van der Waals surface area contributed by atoms with Crippen LogP contribution in [0.25, 0.3) is 0 Å².